The van der Waals surface area contributed by atoms with E-state index in [4.69, 9.17) is 5.26 Å². The summed E-state index contributed by atoms with van der Waals surface area (Å²) < 4.78 is 38.0. The molecule has 1 aliphatic rings. The molecule has 0 spiro atoms. The molecule has 2 atom stereocenters. The normalized spacial score (nSPS) is 15.3. The monoisotopic (exact) mass is 550 g/mol. The molecule has 1 fully saturated rings. The number of nitriles is 1. The number of nitrogens with one attached hydrogen (secondary N) is 2. The third-order valence-corrected chi connectivity index (χ3v) is 6.69. The van der Waals surface area contributed by atoms with E-state index in [-0.39, 0.29) is 31.5 Å². The third-order valence-electron chi connectivity index (χ3n) is 6.69. The highest BCUT2D eigenvalue weighted by Gasteiger charge is 2.35. The number of anilines is 2. The number of benzene rings is 2. The molecule has 0 saturated carbocycles. The standard InChI is InChI=1S/C29H29F3N6O2/c1-20(22-9-7-21(15-33)8-10-22)16-35-27(23-5-3-2-4-6-23)28(40)36-25-12-11-24(17-34-25)37-13-14-38(26(39)18-37)19-29(30,31)32/h2-12,17,20,27,35H,13-14,16,18-19H2,1H3,(H,34,36,40). The van der Waals surface area contributed by atoms with Crippen molar-refractivity contribution in [1.29, 1.82) is 5.26 Å². The van der Waals surface area contributed by atoms with Crippen LogP contribution in [0.4, 0.5) is 24.7 Å². The van der Waals surface area contributed by atoms with Gasteiger partial charge in [0.2, 0.25) is 11.8 Å². The zero-order valence-corrected chi connectivity index (χ0v) is 21.9. The molecule has 1 aliphatic heterocycles. The van der Waals surface area contributed by atoms with Crippen LogP contribution in [0.2, 0.25) is 0 Å². The second kappa shape index (κ2) is 12.6. The Morgan fingerprint density at radius 2 is 1.77 bits per heavy atom. The van der Waals surface area contributed by atoms with Crippen molar-refractivity contribution in [2.45, 2.75) is 25.1 Å². The summed E-state index contributed by atoms with van der Waals surface area (Å²) >= 11 is 0. The average Bonchev–Trinajstić information content (AvgIpc) is 2.94. The Kier molecular flexibility index (Phi) is 9.01. The number of alkyl halides is 3. The van der Waals surface area contributed by atoms with Crippen LogP contribution in [0.15, 0.2) is 72.9 Å². The number of hydrogen-bond donors (Lipinski definition) is 2. The summed E-state index contributed by atoms with van der Waals surface area (Å²) in [5.41, 5.74) is 2.97. The summed E-state index contributed by atoms with van der Waals surface area (Å²) in [7, 11) is 0. The van der Waals surface area contributed by atoms with Gasteiger partial charge >= 0.3 is 6.18 Å². The fourth-order valence-electron chi connectivity index (χ4n) is 4.46. The maximum atomic E-state index is 13.3. The number of aromatic nitrogens is 1. The lowest BCUT2D eigenvalue weighted by atomic mass is 9.98. The van der Waals surface area contributed by atoms with Crippen LogP contribution in [0, 0.1) is 11.3 Å². The summed E-state index contributed by atoms with van der Waals surface area (Å²) in [5, 5.41) is 15.2. The lowest BCUT2D eigenvalue weighted by molar-refractivity contribution is -0.161. The summed E-state index contributed by atoms with van der Waals surface area (Å²) in [6.45, 7) is 1.29. The van der Waals surface area contributed by atoms with Gasteiger partial charge in [-0.2, -0.15) is 18.4 Å². The fraction of sp³-hybridized carbons (Fsp3) is 0.310. The van der Waals surface area contributed by atoms with E-state index in [1.165, 1.54) is 6.20 Å². The van der Waals surface area contributed by atoms with Gasteiger partial charge in [-0.05, 0) is 41.3 Å². The molecular weight excluding hydrogens is 521 g/mol. The molecule has 2 heterocycles. The van der Waals surface area contributed by atoms with Gasteiger partial charge in [0.1, 0.15) is 18.4 Å². The lowest BCUT2D eigenvalue weighted by Gasteiger charge is -2.35. The van der Waals surface area contributed by atoms with Crippen molar-refractivity contribution in [1.82, 2.24) is 15.2 Å². The van der Waals surface area contributed by atoms with Gasteiger partial charge in [0.25, 0.3) is 0 Å². The Labute approximate surface area is 230 Å². The van der Waals surface area contributed by atoms with Gasteiger partial charge in [-0.15, -0.1) is 0 Å². The molecule has 2 aromatic carbocycles. The van der Waals surface area contributed by atoms with Crippen molar-refractivity contribution in [2.24, 2.45) is 0 Å². The molecular formula is C29H29F3N6O2. The number of piperazine rings is 1. The van der Waals surface area contributed by atoms with Crippen molar-refractivity contribution in [2.75, 3.05) is 42.9 Å². The molecule has 11 heteroatoms. The summed E-state index contributed by atoms with van der Waals surface area (Å²) in [6.07, 6.45) is -2.95. The number of amides is 2. The van der Waals surface area contributed by atoms with Crippen LogP contribution >= 0.6 is 0 Å². The highest BCUT2D eigenvalue weighted by Crippen LogP contribution is 2.23. The second-order valence-electron chi connectivity index (χ2n) is 9.63. The molecule has 8 nitrogen and oxygen atoms in total. The van der Waals surface area contributed by atoms with Crippen LogP contribution < -0.4 is 15.5 Å². The van der Waals surface area contributed by atoms with E-state index in [0.717, 1.165) is 16.0 Å². The molecule has 0 bridgehead atoms. The zero-order chi connectivity index (χ0) is 28.7. The third kappa shape index (κ3) is 7.57. The Hall–Kier alpha value is -4.43. The van der Waals surface area contributed by atoms with E-state index < -0.39 is 24.7 Å². The van der Waals surface area contributed by atoms with Crippen molar-refractivity contribution in [3.63, 3.8) is 0 Å². The van der Waals surface area contributed by atoms with Crippen LogP contribution in [-0.4, -0.2) is 60.6 Å². The van der Waals surface area contributed by atoms with E-state index in [1.54, 1.807) is 29.2 Å². The molecule has 2 amide bonds. The van der Waals surface area contributed by atoms with E-state index in [9.17, 15) is 22.8 Å². The molecule has 2 N–H and O–H groups in total. The first-order chi connectivity index (χ1) is 19.1. The van der Waals surface area contributed by atoms with Crippen LogP contribution in [0.25, 0.3) is 0 Å². The maximum Gasteiger partial charge on any atom is 0.406 e. The van der Waals surface area contributed by atoms with E-state index in [0.29, 0.717) is 23.6 Å². The van der Waals surface area contributed by atoms with E-state index in [2.05, 4.69) is 21.7 Å². The van der Waals surface area contributed by atoms with Crippen LogP contribution in [-0.2, 0) is 9.59 Å². The van der Waals surface area contributed by atoms with Gasteiger partial charge in [0.15, 0.2) is 0 Å². The highest BCUT2D eigenvalue weighted by molar-refractivity contribution is 5.95. The average molecular weight is 551 g/mol. The van der Waals surface area contributed by atoms with Crippen LogP contribution in [0.3, 0.4) is 0 Å². The first-order valence-electron chi connectivity index (χ1n) is 12.8. The molecule has 1 aromatic heterocycles. The molecule has 4 rings (SSSR count). The zero-order valence-electron chi connectivity index (χ0n) is 21.9. The number of nitrogens with zero attached hydrogens (tertiary/aromatic N) is 4. The van der Waals surface area contributed by atoms with Crippen molar-refractivity contribution in [3.05, 3.63) is 89.6 Å². The smallest absolute Gasteiger partial charge is 0.359 e. The quantitative estimate of drug-likeness (QED) is 0.414. The van der Waals surface area contributed by atoms with Gasteiger partial charge in [-0.25, -0.2) is 4.98 Å². The second-order valence-corrected chi connectivity index (χ2v) is 9.63. The summed E-state index contributed by atoms with van der Waals surface area (Å²) in [4.78, 5) is 32.3. The van der Waals surface area contributed by atoms with Crippen molar-refractivity contribution in [3.8, 4) is 6.07 Å². The fourth-order valence-corrected chi connectivity index (χ4v) is 4.46. The van der Waals surface area contributed by atoms with Crippen LogP contribution in [0.5, 0.6) is 0 Å². The topological polar surface area (TPSA) is 101 Å². The maximum absolute atomic E-state index is 13.3. The highest BCUT2D eigenvalue weighted by atomic mass is 19.4. The number of hydrogen-bond acceptors (Lipinski definition) is 6. The van der Waals surface area contributed by atoms with Gasteiger partial charge in [-0.1, -0.05) is 49.4 Å². The summed E-state index contributed by atoms with van der Waals surface area (Å²) in [5.74, 6) is -0.537. The number of carbonyl (C=O) groups excluding carboxylic acids is 2. The van der Waals surface area contributed by atoms with Gasteiger partial charge in [-0.3, -0.25) is 9.59 Å². The molecule has 0 aliphatic carbocycles. The van der Waals surface area contributed by atoms with Gasteiger partial charge < -0.3 is 20.4 Å². The lowest BCUT2D eigenvalue weighted by Crippen LogP contribution is -2.53. The molecule has 0 radical (unpaired) electrons. The minimum absolute atomic E-state index is 0.0395. The number of carbonyl (C=O) groups is 2. The van der Waals surface area contributed by atoms with Gasteiger partial charge in [0.05, 0.1) is 30.1 Å². The van der Waals surface area contributed by atoms with Crippen molar-refractivity contribution < 1.29 is 22.8 Å². The van der Waals surface area contributed by atoms with Gasteiger partial charge in [0, 0.05) is 19.6 Å². The SMILES string of the molecule is CC(CNC(C(=O)Nc1ccc(N2CCN(CC(F)(F)F)C(=O)C2)cn1)c1ccccc1)c1ccc(C#N)cc1. The largest absolute Gasteiger partial charge is 0.406 e. The molecule has 2 unspecified atom stereocenters. The van der Waals surface area contributed by atoms with Crippen LogP contribution in [0.1, 0.15) is 35.6 Å². The number of rotatable bonds is 9. The molecule has 40 heavy (non-hydrogen) atoms. The van der Waals surface area contributed by atoms with E-state index >= 15 is 0 Å². The first kappa shape index (κ1) is 28.6. The first-order valence-corrected chi connectivity index (χ1v) is 12.8. The number of halogens is 3. The predicted molar refractivity (Wildman–Crippen MR) is 144 cm³/mol. The Balaban J connectivity index is 1.39. The predicted octanol–water partition coefficient (Wildman–Crippen LogP) is 4.24. The summed E-state index contributed by atoms with van der Waals surface area (Å²) in [6, 6.07) is 21.3. The molecule has 208 valence electrons. The van der Waals surface area contributed by atoms with E-state index in [1.807, 2.05) is 49.4 Å². The van der Waals surface area contributed by atoms with Crippen molar-refractivity contribution >= 4 is 23.3 Å². The Morgan fingerprint density at radius 3 is 2.38 bits per heavy atom. The minimum Gasteiger partial charge on any atom is -0.359 e. The Morgan fingerprint density at radius 1 is 1.05 bits per heavy atom. The molecule has 1 saturated heterocycles. The minimum atomic E-state index is -4.44. The molecule has 3 aromatic rings. The number of pyridine rings is 1. The Bertz CT molecular complexity index is 1340.